The highest BCUT2D eigenvalue weighted by atomic mass is 16.3. The first-order valence-corrected chi connectivity index (χ1v) is 8.45. The summed E-state index contributed by atoms with van der Waals surface area (Å²) in [7, 11) is 2.16. The van der Waals surface area contributed by atoms with E-state index in [1.807, 2.05) is 37.4 Å². The highest BCUT2D eigenvalue weighted by Crippen LogP contribution is 2.33. The number of aromatic nitrogens is 3. The van der Waals surface area contributed by atoms with Crippen LogP contribution in [-0.4, -0.2) is 44.7 Å². The Morgan fingerprint density at radius 3 is 2.88 bits per heavy atom. The number of hydrogen-bond acceptors (Lipinski definition) is 4. The maximum absolute atomic E-state index is 10.3. The van der Waals surface area contributed by atoms with Gasteiger partial charge >= 0.3 is 0 Å². The monoisotopic (exact) mass is 322 g/mol. The van der Waals surface area contributed by atoms with Crippen molar-refractivity contribution in [3.63, 3.8) is 0 Å². The van der Waals surface area contributed by atoms with Crippen LogP contribution >= 0.6 is 0 Å². The molecule has 1 aromatic carbocycles. The van der Waals surface area contributed by atoms with Crippen LogP contribution in [0.4, 0.5) is 0 Å². The van der Waals surface area contributed by atoms with Crippen LogP contribution < -0.4 is 0 Å². The highest BCUT2D eigenvalue weighted by Gasteiger charge is 2.24. The minimum Gasteiger partial charge on any atom is -0.507 e. The molecule has 0 spiro atoms. The van der Waals surface area contributed by atoms with E-state index in [0.717, 1.165) is 47.7 Å². The van der Waals surface area contributed by atoms with Gasteiger partial charge in [-0.1, -0.05) is 6.07 Å². The van der Waals surface area contributed by atoms with Crippen molar-refractivity contribution in [2.24, 2.45) is 0 Å². The van der Waals surface area contributed by atoms with Crippen molar-refractivity contribution in [1.29, 1.82) is 0 Å². The second kappa shape index (κ2) is 5.91. The van der Waals surface area contributed by atoms with Gasteiger partial charge in [0.05, 0.1) is 5.52 Å². The fourth-order valence-corrected chi connectivity index (χ4v) is 3.66. The second-order valence-corrected chi connectivity index (χ2v) is 6.79. The Bertz CT molecular complexity index is 886. The molecule has 0 radical (unpaired) electrons. The molecule has 1 saturated heterocycles. The van der Waals surface area contributed by atoms with Crippen molar-refractivity contribution in [3.05, 3.63) is 47.9 Å². The summed E-state index contributed by atoms with van der Waals surface area (Å²) in [6.07, 6.45) is 4.37. The SMILES string of the molecule is Cc1ccc(-c2nnc(C3CCCN(C)C3)n3cccc23)c(O)c1. The van der Waals surface area contributed by atoms with E-state index in [-0.39, 0.29) is 5.75 Å². The third kappa shape index (κ3) is 2.55. The van der Waals surface area contributed by atoms with E-state index < -0.39 is 0 Å². The molecule has 0 aliphatic carbocycles. The first-order valence-electron chi connectivity index (χ1n) is 8.45. The molecule has 5 nitrogen and oxygen atoms in total. The number of aryl methyl sites for hydroxylation is 1. The molecule has 1 aliphatic heterocycles. The Morgan fingerprint density at radius 1 is 1.21 bits per heavy atom. The molecule has 24 heavy (non-hydrogen) atoms. The molecule has 1 atom stereocenters. The molecular weight excluding hydrogens is 300 g/mol. The molecule has 1 fully saturated rings. The summed E-state index contributed by atoms with van der Waals surface area (Å²) in [5.41, 5.74) is 3.47. The number of hydrogen-bond donors (Lipinski definition) is 1. The zero-order valence-corrected chi connectivity index (χ0v) is 14.1. The van der Waals surface area contributed by atoms with Gasteiger partial charge in [-0.25, -0.2) is 0 Å². The van der Waals surface area contributed by atoms with Crippen molar-refractivity contribution < 1.29 is 5.11 Å². The zero-order chi connectivity index (χ0) is 16.7. The van der Waals surface area contributed by atoms with Crippen LogP contribution in [-0.2, 0) is 0 Å². The Labute approximate surface area is 141 Å². The lowest BCUT2D eigenvalue weighted by Gasteiger charge is -2.29. The molecule has 5 heteroatoms. The molecular formula is C19H22N4O. The largest absolute Gasteiger partial charge is 0.507 e. The molecule has 0 amide bonds. The van der Waals surface area contributed by atoms with Gasteiger partial charge in [0.15, 0.2) is 0 Å². The summed E-state index contributed by atoms with van der Waals surface area (Å²) in [5, 5.41) is 19.4. The third-order valence-corrected chi connectivity index (χ3v) is 4.89. The lowest BCUT2D eigenvalue weighted by molar-refractivity contribution is 0.244. The number of phenols is 1. The molecule has 3 heterocycles. The van der Waals surface area contributed by atoms with E-state index in [9.17, 15) is 5.11 Å². The summed E-state index contributed by atoms with van der Waals surface area (Å²) in [5.74, 6) is 1.65. The van der Waals surface area contributed by atoms with Gasteiger partial charge in [0.1, 0.15) is 17.3 Å². The maximum Gasteiger partial charge on any atom is 0.140 e. The van der Waals surface area contributed by atoms with Gasteiger partial charge in [-0.05, 0) is 63.2 Å². The van der Waals surface area contributed by atoms with Gasteiger partial charge in [0.25, 0.3) is 0 Å². The average Bonchev–Trinajstić information content (AvgIpc) is 3.04. The molecule has 0 bridgehead atoms. The van der Waals surface area contributed by atoms with Crippen molar-refractivity contribution in [2.75, 3.05) is 20.1 Å². The summed E-state index contributed by atoms with van der Waals surface area (Å²) in [6, 6.07) is 9.72. The molecule has 4 rings (SSSR count). The normalized spacial score (nSPS) is 19.0. The molecule has 1 N–H and O–H groups in total. The van der Waals surface area contributed by atoms with Crippen LogP contribution in [0, 0.1) is 6.92 Å². The average molecular weight is 322 g/mol. The lowest BCUT2D eigenvalue weighted by atomic mass is 9.97. The van der Waals surface area contributed by atoms with Gasteiger partial charge in [0, 0.05) is 24.2 Å². The van der Waals surface area contributed by atoms with Crippen LogP contribution in [0.15, 0.2) is 36.5 Å². The van der Waals surface area contributed by atoms with Crippen molar-refractivity contribution >= 4 is 5.52 Å². The number of benzene rings is 1. The van der Waals surface area contributed by atoms with Crippen LogP contribution in [0.2, 0.25) is 0 Å². The van der Waals surface area contributed by atoms with E-state index in [1.165, 1.54) is 6.42 Å². The van der Waals surface area contributed by atoms with Crippen molar-refractivity contribution in [2.45, 2.75) is 25.7 Å². The van der Waals surface area contributed by atoms with Crippen LogP contribution in [0.3, 0.4) is 0 Å². The number of likely N-dealkylation sites (tertiary alicyclic amines) is 1. The summed E-state index contributed by atoms with van der Waals surface area (Å²) in [6.45, 7) is 4.12. The highest BCUT2D eigenvalue weighted by molar-refractivity contribution is 5.80. The molecule has 1 unspecified atom stereocenters. The maximum atomic E-state index is 10.3. The van der Waals surface area contributed by atoms with E-state index in [0.29, 0.717) is 5.92 Å². The fourth-order valence-electron chi connectivity index (χ4n) is 3.66. The first-order chi connectivity index (χ1) is 11.6. The standard InChI is InChI=1S/C19H22N4O/c1-13-7-8-15(17(24)11-13)18-16-6-4-10-23(16)19(21-20-18)14-5-3-9-22(2)12-14/h4,6-8,10-11,14,24H,3,5,9,12H2,1-2H3. The topological polar surface area (TPSA) is 53.7 Å². The quantitative estimate of drug-likeness (QED) is 0.787. The number of rotatable bonds is 2. The predicted molar refractivity (Wildman–Crippen MR) is 94.3 cm³/mol. The Morgan fingerprint density at radius 2 is 2.08 bits per heavy atom. The Hall–Kier alpha value is -2.40. The molecule has 2 aromatic heterocycles. The van der Waals surface area contributed by atoms with Crippen LogP contribution in [0.25, 0.3) is 16.8 Å². The number of aromatic hydroxyl groups is 1. The van der Waals surface area contributed by atoms with Crippen LogP contribution in [0.1, 0.15) is 30.1 Å². The smallest absolute Gasteiger partial charge is 0.140 e. The van der Waals surface area contributed by atoms with Gasteiger partial charge in [0.2, 0.25) is 0 Å². The molecule has 0 saturated carbocycles. The van der Waals surface area contributed by atoms with Crippen LogP contribution in [0.5, 0.6) is 5.75 Å². The van der Waals surface area contributed by atoms with Gasteiger partial charge in [-0.2, -0.15) is 0 Å². The van der Waals surface area contributed by atoms with E-state index >= 15 is 0 Å². The third-order valence-electron chi connectivity index (χ3n) is 4.89. The number of piperidine rings is 1. The zero-order valence-electron chi connectivity index (χ0n) is 14.1. The Balaban J connectivity index is 1.83. The lowest BCUT2D eigenvalue weighted by Crippen LogP contribution is -2.32. The predicted octanol–water partition coefficient (Wildman–Crippen LogP) is 3.22. The van der Waals surface area contributed by atoms with Gasteiger partial charge in [-0.15, -0.1) is 10.2 Å². The van der Waals surface area contributed by atoms with E-state index in [2.05, 4.69) is 26.5 Å². The number of nitrogens with zero attached hydrogens (tertiary/aromatic N) is 4. The van der Waals surface area contributed by atoms with Gasteiger partial charge in [-0.3, -0.25) is 0 Å². The second-order valence-electron chi connectivity index (χ2n) is 6.79. The summed E-state index contributed by atoms with van der Waals surface area (Å²) >= 11 is 0. The summed E-state index contributed by atoms with van der Waals surface area (Å²) < 4.78 is 2.13. The molecule has 3 aromatic rings. The van der Waals surface area contributed by atoms with Crippen molar-refractivity contribution in [3.8, 4) is 17.0 Å². The minimum absolute atomic E-state index is 0.248. The van der Waals surface area contributed by atoms with Gasteiger partial charge < -0.3 is 14.4 Å². The Kier molecular flexibility index (Phi) is 3.73. The minimum atomic E-state index is 0.248. The fraction of sp³-hybridized carbons (Fsp3) is 0.368. The first kappa shape index (κ1) is 15.1. The number of fused-ring (bicyclic) bond motifs is 1. The van der Waals surface area contributed by atoms with Crippen molar-refractivity contribution in [1.82, 2.24) is 19.5 Å². The summed E-state index contributed by atoms with van der Waals surface area (Å²) in [4.78, 5) is 2.35. The molecule has 124 valence electrons. The van der Waals surface area contributed by atoms with E-state index in [4.69, 9.17) is 0 Å². The van der Waals surface area contributed by atoms with E-state index in [1.54, 1.807) is 6.07 Å². The number of phenolic OH excluding ortho intramolecular Hbond substituents is 1. The number of likely N-dealkylation sites (N-methyl/N-ethyl adjacent to an activating group) is 1. The molecule has 1 aliphatic rings.